The molecule has 0 heterocycles. The number of ketones is 1. The van der Waals surface area contributed by atoms with Crippen LogP contribution in [0.1, 0.15) is 104 Å². The summed E-state index contributed by atoms with van der Waals surface area (Å²) >= 11 is 0. The van der Waals surface area contributed by atoms with Gasteiger partial charge in [0.1, 0.15) is 36.6 Å². The molecule has 10 nitrogen and oxygen atoms in total. The van der Waals surface area contributed by atoms with Crippen molar-refractivity contribution in [2.24, 2.45) is 40.4 Å². The molecule has 2 saturated carbocycles. The van der Waals surface area contributed by atoms with Crippen LogP contribution in [-0.2, 0) is 28.6 Å². The highest BCUT2D eigenvalue weighted by atomic mass is 16.6. The fraction of sp³-hybridized carbons (Fsp3) is 0.659. The molecular weight excluding hydrogens is 652 g/mol. The van der Waals surface area contributed by atoms with Gasteiger partial charge in [0.15, 0.2) is 5.78 Å². The highest BCUT2D eigenvalue weighted by Crippen LogP contribution is 2.75. The van der Waals surface area contributed by atoms with E-state index in [4.69, 9.17) is 14.2 Å². The summed E-state index contributed by atoms with van der Waals surface area (Å²) in [6.45, 7) is 12.3. The lowest BCUT2D eigenvalue weighted by Gasteiger charge is -2.48. The molecule has 3 N–H and O–H groups in total. The minimum absolute atomic E-state index is 0.0145. The maximum atomic E-state index is 15.1. The van der Waals surface area contributed by atoms with Crippen LogP contribution in [0.25, 0.3) is 0 Å². The number of Topliss-reactive ketones (excluding diaryl/α,β-unsaturated/α-hetero) is 1. The predicted octanol–water partition coefficient (Wildman–Crippen LogP) is 5.52. The Morgan fingerprint density at radius 2 is 1.65 bits per heavy atom. The summed E-state index contributed by atoms with van der Waals surface area (Å²) in [6, 6.07) is 8.53. The van der Waals surface area contributed by atoms with Crippen molar-refractivity contribution in [1.82, 2.24) is 0 Å². The normalized spacial score (nSPS) is 35.7. The molecule has 2 bridgehead atoms. The number of allylic oxidation sites excluding steroid dienone is 1. The molecule has 10 heteroatoms. The number of aliphatic hydroxyl groups excluding tert-OH is 2. The van der Waals surface area contributed by atoms with Crippen molar-refractivity contribution >= 4 is 23.7 Å². The van der Waals surface area contributed by atoms with Gasteiger partial charge in [-0.3, -0.25) is 14.4 Å². The Morgan fingerprint density at radius 3 is 2.29 bits per heavy atom. The molecule has 0 saturated heterocycles. The van der Waals surface area contributed by atoms with Gasteiger partial charge in [-0.2, -0.15) is 0 Å². The van der Waals surface area contributed by atoms with Gasteiger partial charge in [-0.25, -0.2) is 4.79 Å². The van der Waals surface area contributed by atoms with Gasteiger partial charge in [0, 0.05) is 23.7 Å². The first kappa shape index (κ1) is 38.9. The zero-order valence-electron chi connectivity index (χ0n) is 31.1. The molecule has 280 valence electrons. The average Bonchev–Trinajstić information content (AvgIpc) is 3.56. The Balaban J connectivity index is 1.58. The van der Waals surface area contributed by atoms with Crippen LogP contribution in [0.2, 0.25) is 0 Å². The molecule has 1 aromatic carbocycles. The van der Waals surface area contributed by atoms with Crippen molar-refractivity contribution < 1.29 is 48.7 Å². The maximum absolute atomic E-state index is 15.1. The van der Waals surface area contributed by atoms with Gasteiger partial charge in [0.25, 0.3) is 0 Å². The summed E-state index contributed by atoms with van der Waals surface area (Å²) in [5.74, 6) is -4.90. The lowest BCUT2D eigenvalue weighted by molar-refractivity contribution is -0.192. The van der Waals surface area contributed by atoms with Crippen LogP contribution in [0.3, 0.4) is 0 Å². The molecule has 10 atom stereocenters. The van der Waals surface area contributed by atoms with E-state index in [0.29, 0.717) is 17.6 Å². The number of hydrogen-bond acceptors (Lipinski definition) is 10. The second kappa shape index (κ2) is 14.6. The van der Waals surface area contributed by atoms with E-state index in [1.165, 1.54) is 6.08 Å². The Kier molecular flexibility index (Phi) is 11.1. The van der Waals surface area contributed by atoms with Crippen LogP contribution in [-0.4, -0.2) is 75.6 Å². The molecule has 0 aliphatic heterocycles. The summed E-state index contributed by atoms with van der Waals surface area (Å²) in [5, 5.41) is 36.1. The average molecular weight is 709 g/mol. The van der Waals surface area contributed by atoms with Crippen molar-refractivity contribution in [3.63, 3.8) is 0 Å². The monoisotopic (exact) mass is 708 g/mol. The number of fused-ring (bicyclic) bond motifs is 3. The number of hydrogen-bond donors (Lipinski definition) is 3. The lowest BCUT2D eigenvalue weighted by atomic mass is 9.59. The number of carbonyl (C=O) groups is 4. The van der Waals surface area contributed by atoms with E-state index < -0.39 is 88.2 Å². The van der Waals surface area contributed by atoms with E-state index in [2.05, 4.69) is 6.92 Å². The molecular formula is C41H56O10. The standard InChI is InChI=1S/C41H56O10/c1-8-9-10-11-15-18-31(42)51-40-21-26(5)39-20-25(4)33(43)41(39,48)34(44)29(22-49-36(46)27(6)24(2)3)19-30(35(39)45)32(40)38(40,7)23-50-37(47)28-16-13-12-14-17-28/h12-14,16-17,19-20,24,26-27,30,32-34,43-44,48H,8-11,15,18,21-23H2,1-7H3/t26-,27?,30+,32-,33+,34-,38?,39+,40+,41-/m1/s1. The van der Waals surface area contributed by atoms with E-state index >= 15 is 4.79 Å². The maximum Gasteiger partial charge on any atom is 0.338 e. The molecule has 4 aliphatic rings. The number of unbranched alkanes of at least 4 members (excludes halogenated alkanes) is 4. The molecule has 2 fully saturated rings. The summed E-state index contributed by atoms with van der Waals surface area (Å²) in [7, 11) is 0. The van der Waals surface area contributed by atoms with Gasteiger partial charge in [-0.15, -0.1) is 0 Å². The zero-order chi connectivity index (χ0) is 37.5. The van der Waals surface area contributed by atoms with Crippen LogP contribution in [0.4, 0.5) is 0 Å². The first-order chi connectivity index (χ1) is 24.0. The highest BCUT2D eigenvalue weighted by molar-refractivity contribution is 5.96. The smallest absolute Gasteiger partial charge is 0.338 e. The molecule has 1 aromatic rings. The van der Waals surface area contributed by atoms with Crippen LogP contribution < -0.4 is 0 Å². The number of carbonyl (C=O) groups excluding carboxylic acids is 4. The Labute approximate surface area is 301 Å². The van der Waals surface area contributed by atoms with E-state index in [1.807, 2.05) is 20.8 Å². The Bertz CT molecular complexity index is 1560. The third-order valence-corrected chi connectivity index (χ3v) is 12.7. The fourth-order valence-electron chi connectivity index (χ4n) is 9.30. The largest absolute Gasteiger partial charge is 0.461 e. The van der Waals surface area contributed by atoms with Crippen LogP contribution >= 0.6 is 0 Å². The van der Waals surface area contributed by atoms with E-state index in [0.717, 1.165) is 25.7 Å². The van der Waals surface area contributed by atoms with Gasteiger partial charge in [-0.1, -0.05) is 97.6 Å². The number of esters is 3. The minimum atomic E-state index is -2.39. The third kappa shape index (κ3) is 6.29. The summed E-state index contributed by atoms with van der Waals surface area (Å²) in [5.41, 5.74) is -5.70. The van der Waals surface area contributed by atoms with E-state index in [9.17, 15) is 29.7 Å². The van der Waals surface area contributed by atoms with Gasteiger partial charge >= 0.3 is 17.9 Å². The van der Waals surface area contributed by atoms with Crippen LogP contribution in [0.5, 0.6) is 0 Å². The molecule has 4 aliphatic carbocycles. The SMILES string of the molecule is CCCCCCCC(=O)O[C@@]12C[C@@H](C)[C@]34C=C(C)[C@H](O)[C@@]3(O)[C@H](O)C(COC(=O)C(C)C(C)C)=C[C@H](C4=O)[C@@H]1C2(C)COC(=O)c1ccccc1. The molecule has 1 spiro atoms. The van der Waals surface area contributed by atoms with Crippen molar-refractivity contribution in [3.8, 4) is 0 Å². The Hall–Kier alpha value is -3.34. The van der Waals surface area contributed by atoms with Gasteiger partial charge in [0.05, 0.1) is 16.9 Å². The molecule has 0 amide bonds. The number of ether oxygens (including phenoxy) is 3. The molecule has 0 radical (unpaired) electrons. The van der Waals surface area contributed by atoms with Gasteiger partial charge < -0.3 is 29.5 Å². The molecule has 5 rings (SSSR count). The van der Waals surface area contributed by atoms with Gasteiger partial charge in [-0.05, 0) is 54.9 Å². The Morgan fingerprint density at radius 1 is 0.980 bits per heavy atom. The summed E-state index contributed by atoms with van der Waals surface area (Å²) in [4.78, 5) is 55.0. The predicted molar refractivity (Wildman–Crippen MR) is 189 cm³/mol. The van der Waals surface area contributed by atoms with Gasteiger partial charge in [0.2, 0.25) is 0 Å². The molecule has 51 heavy (non-hydrogen) atoms. The van der Waals surface area contributed by atoms with Crippen LogP contribution in [0, 0.1) is 40.4 Å². The minimum Gasteiger partial charge on any atom is -0.461 e. The highest BCUT2D eigenvalue weighted by Gasteiger charge is 2.85. The summed E-state index contributed by atoms with van der Waals surface area (Å²) in [6.07, 6.45) is 4.70. The fourth-order valence-corrected chi connectivity index (χ4v) is 9.30. The van der Waals surface area contributed by atoms with Crippen molar-refractivity contribution in [3.05, 3.63) is 59.2 Å². The zero-order valence-corrected chi connectivity index (χ0v) is 31.1. The van der Waals surface area contributed by atoms with E-state index in [-0.39, 0.29) is 30.9 Å². The van der Waals surface area contributed by atoms with Crippen molar-refractivity contribution in [2.45, 2.75) is 117 Å². The first-order valence-corrected chi connectivity index (χ1v) is 18.7. The van der Waals surface area contributed by atoms with Crippen LogP contribution in [0.15, 0.2) is 53.6 Å². The first-order valence-electron chi connectivity index (χ1n) is 18.7. The number of benzene rings is 1. The second-order valence-corrected chi connectivity index (χ2v) is 16.1. The van der Waals surface area contributed by atoms with E-state index in [1.54, 1.807) is 57.2 Å². The van der Waals surface area contributed by atoms with Crippen molar-refractivity contribution in [2.75, 3.05) is 13.2 Å². The molecule has 0 aromatic heterocycles. The third-order valence-electron chi connectivity index (χ3n) is 12.7. The second-order valence-electron chi connectivity index (χ2n) is 16.1. The number of rotatable bonds is 14. The number of aliphatic hydroxyl groups is 3. The molecule has 2 unspecified atom stereocenters. The summed E-state index contributed by atoms with van der Waals surface area (Å²) < 4.78 is 18.1. The lowest BCUT2D eigenvalue weighted by Crippen LogP contribution is -2.65. The quantitative estimate of drug-likeness (QED) is 0.0973. The van der Waals surface area contributed by atoms with Crippen molar-refractivity contribution in [1.29, 1.82) is 0 Å². The topological polar surface area (TPSA) is 157 Å².